The summed E-state index contributed by atoms with van der Waals surface area (Å²) in [7, 11) is 0. The Labute approximate surface area is 102 Å². The Morgan fingerprint density at radius 1 is 1.00 bits per heavy atom. The van der Waals surface area contributed by atoms with Gasteiger partial charge >= 0.3 is 0 Å². The first kappa shape index (κ1) is 11.7. The lowest BCUT2D eigenvalue weighted by molar-refractivity contribution is 0.485. The highest BCUT2D eigenvalue weighted by Gasteiger charge is 2.11. The van der Waals surface area contributed by atoms with Gasteiger partial charge in [0.25, 0.3) is 0 Å². The number of nitrogens with zero attached hydrogens (tertiary/aromatic N) is 2. The van der Waals surface area contributed by atoms with Crippen molar-refractivity contribution >= 4 is 0 Å². The lowest BCUT2D eigenvalue weighted by Crippen LogP contribution is -2.23. The molecule has 1 N–H and O–H groups in total. The molecule has 88 valence electrons. The second-order valence-corrected chi connectivity index (χ2v) is 4.15. The summed E-state index contributed by atoms with van der Waals surface area (Å²) >= 11 is 0. The first-order chi connectivity index (χ1) is 8.27. The quantitative estimate of drug-likeness (QED) is 0.872. The van der Waals surface area contributed by atoms with Crippen molar-refractivity contribution in [3.8, 4) is 0 Å². The van der Waals surface area contributed by atoms with Gasteiger partial charge in [0.2, 0.25) is 0 Å². The summed E-state index contributed by atoms with van der Waals surface area (Å²) in [4.78, 5) is 8.48. The highest BCUT2D eigenvalue weighted by atomic mass is 15.0. The third-order valence-corrected chi connectivity index (χ3v) is 2.82. The first-order valence-corrected chi connectivity index (χ1v) is 5.84. The molecule has 3 heteroatoms. The molecule has 0 bridgehead atoms. The Morgan fingerprint density at radius 2 is 1.88 bits per heavy atom. The second kappa shape index (κ2) is 5.55. The summed E-state index contributed by atoms with van der Waals surface area (Å²) in [5, 5.41) is 3.51. The molecule has 2 aromatic rings. The Hall–Kier alpha value is -1.74. The molecule has 2 aromatic heterocycles. The minimum Gasteiger partial charge on any atom is -0.302 e. The second-order valence-electron chi connectivity index (χ2n) is 4.15. The van der Waals surface area contributed by atoms with Crippen LogP contribution in [-0.4, -0.2) is 9.97 Å². The number of aromatic nitrogens is 2. The van der Waals surface area contributed by atoms with E-state index in [9.17, 15) is 0 Å². The van der Waals surface area contributed by atoms with E-state index in [1.165, 1.54) is 5.56 Å². The molecule has 0 fully saturated rings. The minimum absolute atomic E-state index is 0.228. The monoisotopic (exact) mass is 227 g/mol. The van der Waals surface area contributed by atoms with Crippen molar-refractivity contribution in [1.82, 2.24) is 15.3 Å². The minimum atomic E-state index is 0.228. The topological polar surface area (TPSA) is 37.8 Å². The molecular formula is C14H17N3. The summed E-state index contributed by atoms with van der Waals surface area (Å²) in [5.74, 6) is 0. The molecular weight excluding hydrogens is 210 g/mol. The van der Waals surface area contributed by atoms with Crippen LogP contribution in [0.5, 0.6) is 0 Å². The fraction of sp³-hybridized carbons (Fsp3) is 0.286. The average molecular weight is 227 g/mol. The summed E-state index contributed by atoms with van der Waals surface area (Å²) in [5.41, 5.74) is 2.25. The van der Waals surface area contributed by atoms with Gasteiger partial charge in [0.15, 0.2) is 0 Å². The maximum atomic E-state index is 4.35. The summed E-state index contributed by atoms with van der Waals surface area (Å²) in [6.07, 6.45) is 5.50. The average Bonchev–Trinajstić information content (AvgIpc) is 2.40. The number of rotatable bonds is 4. The number of hydrogen-bond donors (Lipinski definition) is 1. The van der Waals surface area contributed by atoms with Crippen LogP contribution in [0.15, 0.2) is 48.9 Å². The molecule has 0 aromatic carbocycles. The predicted octanol–water partition coefficient (Wildman–Crippen LogP) is 2.89. The Morgan fingerprint density at radius 3 is 2.53 bits per heavy atom. The van der Waals surface area contributed by atoms with Crippen molar-refractivity contribution in [3.05, 3.63) is 60.2 Å². The predicted molar refractivity (Wildman–Crippen MR) is 68.4 cm³/mol. The Balaban J connectivity index is 2.02. The standard InChI is InChI=1S/C14H17N3/c1-11(13-6-5-8-15-10-13)17-12(2)14-7-3-4-9-16-14/h3-12,17H,1-2H3/t11-,12?/m0/s1. The zero-order valence-corrected chi connectivity index (χ0v) is 10.2. The van der Waals surface area contributed by atoms with E-state index in [-0.39, 0.29) is 12.1 Å². The molecule has 0 aliphatic rings. The van der Waals surface area contributed by atoms with Crippen LogP contribution in [0.4, 0.5) is 0 Å². The van der Waals surface area contributed by atoms with Crippen LogP contribution in [-0.2, 0) is 0 Å². The van der Waals surface area contributed by atoms with Crippen molar-refractivity contribution in [1.29, 1.82) is 0 Å². The molecule has 2 rings (SSSR count). The van der Waals surface area contributed by atoms with E-state index in [0.717, 1.165) is 5.69 Å². The van der Waals surface area contributed by atoms with Crippen molar-refractivity contribution in [3.63, 3.8) is 0 Å². The van der Waals surface area contributed by atoms with Gasteiger partial charge < -0.3 is 5.32 Å². The van der Waals surface area contributed by atoms with Gasteiger partial charge in [0.05, 0.1) is 5.69 Å². The van der Waals surface area contributed by atoms with Gasteiger partial charge in [-0.15, -0.1) is 0 Å². The van der Waals surface area contributed by atoms with Gasteiger partial charge in [0, 0.05) is 30.7 Å². The maximum absolute atomic E-state index is 4.35. The lowest BCUT2D eigenvalue weighted by Gasteiger charge is -2.19. The van der Waals surface area contributed by atoms with Gasteiger partial charge in [-0.1, -0.05) is 12.1 Å². The van der Waals surface area contributed by atoms with Gasteiger partial charge in [-0.3, -0.25) is 9.97 Å². The SMILES string of the molecule is CC(N[C@@H](C)c1cccnc1)c1ccccn1. The summed E-state index contributed by atoms with van der Waals surface area (Å²) in [6, 6.07) is 10.5. The third-order valence-electron chi connectivity index (χ3n) is 2.82. The fourth-order valence-corrected chi connectivity index (χ4v) is 1.82. The van der Waals surface area contributed by atoms with E-state index in [4.69, 9.17) is 0 Å². The van der Waals surface area contributed by atoms with Gasteiger partial charge in [0.1, 0.15) is 0 Å². The summed E-state index contributed by atoms with van der Waals surface area (Å²) < 4.78 is 0. The molecule has 3 nitrogen and oxygen atoms in total. The lowest BCUT2D eigenvalue weighted by atomic mass is 10.1. The van der Waals surface area contributed by atoms with Crippen molar-refractivity contribution in [2.75, 3.05) is 0 Å². The third kappa shape index (κ3) is 3.11. The molecule has 0 radical (unpaired) electrons. The molecule has 0 saturated heterocycles. The van der Waals surface area contributed by atoms with Crippen LogP contribution in [0.2, 0.25) is 0 Å². The van der Waals surface area contributed by atoms with Crippen LogP contribution in [0.1, 0.15) is 37.2 Å². The zero-order chi connectivity index (χ0) is 12.1. The normalized spacial score (nSPS) is 14.2. The van der Waals surface area contributed by atoms with Crippen LogP contribution in [0.25, 0.3) is 0 Å². The fourth-order valence-electron chi connectivity index (χ4n) is 1.82. The largest absolute Gasteiger partial charge is 0.302 e. The molecule has 17 heavy (non-hydrogen) atoms. The van der Waals surface area contributed by atoms with Crippen LogP contribution in [0.3, 0.4) is 0 Å². The van der Waals surface area contributed by atoms with E-state index in [2.05, 4.69) is 35.2 Å². The van der Waals surface area contributed by atoms with E-state index >= 15 is 0 Å². The molecule has 0 aliphatic heterocycles. The van der Waals surface area contributed by atoms with Crippen LogP contribution >= 0.6 is 0 Å². The smallest absolute Gasteiger partial charge is 0.0570 e. The number of hydrogen-bond acceptors (Lipinski definition) is 3. The molecule has 0 saturated carbocycles. The molecule has 2 atom stereocenters. The maximum Gasteiger partial charge on any atom is 0.0570 e. The number of nitrogens with one attached hydrogen (secondary N) is 1. The highest BCUT2D eigenvalue weighted by molar-refractivity contribution is 5.14. The van der Waals surface area contributed by atoms with Gasteiger partial charge in [-0.25, -0.2) is 0 Å². The molecule has 2 heterocycles. The Bertz CT molecular complexity index is 398. The molecule has 0 amide bonds. The van der Waals surface area contributed by atoms with E-state index < -0.39 is 0 Å². The summed E-state index contributed by atoms with van der Waals surface area (Å²) in [6.45, 7) is 4.26. The van der Waals surface area contributed by atoms with Crippen molar-refractivity contribution in [2.45, 2.75) is 25.9 Å². The number of pyridine rings is 2. The van der Waals surface area contributed by atoms with Crippen LogP contribution in [0, 0.1) is 0 Å². The highest BCUT2D eigenvalue weighted by Crippen LogP contribution is 2.16. The van der Waals surface area contributed by atoms with Crippen LogP contribution < -0.4 is 5.32 Å². The van der Waals surface area contributed by atoms with Gasteiger partial charge in [-0.2, -0.15) is 0 Å². The molecule has 0 spiro atoms. The Kier molecular flexibility index (Phi) is 3.83. The van der Waals surface area contributed by atoms with E-state index in [1.807, 2.05) is 36.7 Å². The van der Waals surface area contributed by atoms with Crippen molar-refractivity contribution < 1.29 is 0 Å². The molecule has 1 unspecified atom stereocenters. The van der Waals surface area contributed by atoms with E-state index in [1.54, 1.807) is 6.20 Å². The molecule has 0 aliphatic carbocycles. The van der Waals surface area contributed by atoms with E-state index in [0.29, 0.717) is 0 Å². The zero-order valence-electron chi connectivity index (χ0n) is 10.2. The van der Waals surface area contributed by atoms with Crippen molar-refractivity contribution in [2.24, 2.45) is 0 Å². The van der Waals surface area contributed by atoms with Gasteiger partial charge in [-0.05, 0) is 37.6 Å². The first-order valence-electron chi connectivity index (χ1n) is 5.84.